The number of nitrogens with zero attached hydrogens (tertiary/aromatic N) is 1. The largest absolute Gasteiger partial charge is 0.326 e. The predicted molar refractivity (Wildman–Crippen MR) is 74.0 cm³/mol. The highest BCUT2D eigenvalue weighted by molar-refractivity contribution is 6.04. The van der Waals surface area contributed by atoms with Crippen LogP contribution >= 0.6 is 0 Å². The van der Waals surface area contributed by atoms with Crippen LogP contribution in [0.4, 0.5) is 5.69 Å². The first-order valence-electron chi connectivity index (χ1n) is 5.87. The summed E-state index contributed by atoms with van der Waals surface area (Å²) in [5, 5.41) is 2.73. The molecule has 19 heavy (non-hydrogen) atoms. The van der Waals surface area contributed by atoms with E-state index in [1.165, 1.54) is 10.6 Å². The molecule has 1 amide bonds. The van der Waals surface area contributed by atoms with Crippen LogP contribution in [-0.4, -0.2) is 10.5 Å². The Morgan fingerprint density at radius 2 is 1.95 bits per heavy atom. The monoisotopic (exact) mass is 257 g/mol. The average Bonchev–Trinajstić information content (AvgIpc) is 2.42. The summed E-state index contributed by atoms with van der Waals surface area (Å²) >= 11 is 0. The molecular weight excluding hydrogens is 242 g/mol. The van der Waals surface area contributed by atoms with E-state index >= 15 is 0 Å². The van der Waals surface area contributed by atoms with Gasteiger partial charge in [0.25, 0.3) is 11.5 Å². The Bertz CT molecular complexity index is 644. The van der Waals surface area contributed by atoms with Crippen molar-refractivity contribution in [2.45, 2.75) is 6.54 Å². The van der Waals surface area contributed by atoms with Gasteiger partial charge in [-0.2, -0.15) is 0 Å². The first-order chi connectivity index (χ1) is 9.10. The lowest BCUT2D eigenvalue weighted by Gasteiger charge is -2.06. The van der Waals surface area contributed by atoms with Crippen molar-refractivity contribution < 1.29 is 4.79 Å². The number of carbonyl (C=O) groups excluding carboxylic acids is 1. The molecule has 0 unspecified atom stereocenters. The second-order valence-electron chi connectivity index (χ2n) is 4.22. The highest BCUT2D eigenvalue weighted by Gasteiger charge is 2.07. The number of carbonyl (C=O) groups is 1. The Kier molecular flexibility index (Phi) is 3.77. The van der Waals surface area contributed by atoms with Crippen LogP contribution in [0, 0.1) is 0 Å². The van der Waals surface area contributed by atoms with Gasteiger partial charge in [0.1, 0.15) is 0 Å². The lowest BCUT2D eigenvalue weighted by molar-refractivity contribution is 0.102. The number of hydrogen-bond acceptors (Lipinski definition) is 3. The molecule has 0 aliphatic rings. The number of nitrogens with one attached hydrogen (secondary N) is 1. The third-order valence-electron chi connectivity index (χ3n) is 2.81. The summed E-state index contributed by atoms with van der Waals surface area (Å²) in [4.78, 5) is 23.4. The van der Waals surface area contributed by atoms with E-state index < -0.39 is 0 Å². The molecule has 98 valence electrons. The van der Waals surface area contributed by atoms with E-state index in [-0.39, 0.29) is 11.5 Å². The number of amides is 1. The highest BCUT2D eigenvalue weighted by atomic mass is 16.2. The van der Waals surface area contributed by atoms with Crippen molar-refractivity contribution in [1.82, 2.24) is 4.57 Å². The van der Waals surface area contributed by atoms with E-state index in [0.29, 0.717) is 17.8 Å². The summed E-state index contributed by atoms with van der Waals surface area (Å²) in [6, 6.07) is 10.2. The molecule has 0 fully saturated rings. The van der Waals surface area contributed by atoms with Crippen LogP contribution in [0.25, 0.3) is 0 Å². The zero-order valence-corrected chi connectivity index (χ0v) is 10.6. The minimum atomic E-state index is -0.307. The lowest BCUT2D eigenvalue weighted by Crippen LogP contribution is -2.19. The molecule has 0 radical (unpaired) electrons. The van der Waals surface area contributed by atoms with E-state index in [1.54, 1.807) is 31.4 Å². The normalized spacial score (nSPS) is 10.2. The van der Waals surface area contributed by atoms with Crippen molar-refractivity contribution in [3.05, 3.63) is 64.1 Å². The molecular formula is C14H15N3O2. The van der Waals surface area contributed by atoms with Gasteiger partial charge in [-0.1, -0.05) is 12.1 Å². The van der Waals surface area contributed by atoms with Crippen molar-refractivity contribution in [1.29, 1.82) is 0 Å². The number of nitrogens with two attached hydrogens (primary N) is 1. The fraction of sp³-hybridized carbons (Fsp3) is 0.143. The van der Waals surface area contributed by atoms with Gasteiger partial charge in [0.05, 0.1) is 0 Å². The summed E-state index contributed by atoms with van der Waals surface area (Å²) in [5.41, 5.74) is 7.28. The molecule has 2 rings (SSSR count). The Hall–Kier alpha value is -2.40. The SMILES string of the molecule is Cn1ccc(C(=O)Nc2ccc(CN)cc2)cc1=O. The number of hydrogen-bond donors (Lipinski definition) is 2. The van der Waals surface area contributed by atoms with Crippen LogP contribution in [0.3, 0.4) is 0 Å². The van der Waals surface area contributed by atoms with Gasteiger partial charge in [-0.05, 0) is 23.8 Å². The van der Waals surface area contributed by atoms with Gasteiger partial charge in [-0.3, -0.25) is 9.59 Å². The van der Waals surface area contributed by atoms with Crippen molar-refractivity contribution in [2.75, 3.05) is 5.32 Å². The second kappa shape index (κ2) is 5.49. The molecule has 0 saturated heterocycles. The second-order valence-corrected chi connectivity index (χ2v) is 4.22. The number of anilines is 1. The van der Waals surface area contributed by atoms with E-state index in [9.17, 15) is 9.59 Å². The van der Waals surface area contributed by atoms with Gasteiger partial charge in [-0.15, -0.1) is 0 Å². The number of aromatic nitrogens is 1. The molecule has 1 aromatic carbocycles. The first kappa shape index (κ1) is 13.0. The molecule has 0 bridgehead atoms. The zero-order chi connectivity index (χ0) is 13.8. The minimum Gasteiger partial charge on any atom is -0.326 e. The topological polar surface area (TPSA) is 77.1 Å². The van der Waals surface area contributed by atoms with Crippen LogP contribution < -0.4 is 16.6 Å². The van der Waals surface area contributed by atoms with E-state index in [1.807, 2.05) is 12.1 Å². The minimum absolute atomic E-state index is 0.217. The van der Waals surface area contributed by atoms with Gasteiger partial charge in [-0.25, -0.2) is 0 Å². The Balaban J connectivity index is 2.15. The summed E-state index contributed by atoms with van der Waals surface area (Å²) in [6.45, 7) is 0.461. The highest BCUT2D eigenvalue weighted by Crippen LogP contribution is 2.10. The molecule has 2 aromatic rings. The molecule has 5 heteroatoms. The van der Waals surface area contributed by atoms with Crippen LogP contribution in [0.2, 0.25) is 0 Å². The number of pyridine rings is 1. The Morgan fingerprint density at radius 1 is 1.26 bits per heavy atom. The molecule has 0 spiro atoms. The van der Waals surface area contributed by atoms with Crippen molar-refractivity contribution in [3.8, 4) is 0 Å². The fourth-order valence-electron chi connectivity index (χ4n) is 1.62. The molecule has 0 saturated carbocycles. The number of benzene rings is 1. The van der Waals surface area contributed by atoms with Crippen molar-refractivity contribution in [2.24, 2.45) is 12.8 Å². The standard InChI is InChI=1S/C14H15N3O2/c1-17-7-6-11(8-13(17)18)14(19)16-12-4-2-10(9-15)3-5-12/h2-8H,9,15H2,1H3,(H,16,19). The third-order valence-corrected chi connectivity index (χ3v) is 2.81. The van der Waals surface area contributed by atoms with Gasteiger partial charge in [0.15, 0.2) is 0 Å². The van der Waals surface area contributed by atoms with Gasteiger partial charge < -0.3 is 15.6 Å². The molecule has 5 nitrogen and oxygen atoms in total. The third kappa shape index (κ3) is 3.08. The van der Waals surface area contributed by atoms with Gasteiger partial charge >= 0.3 is 0 Å². The molecule has 0 atom stereocenters. The van der Waals surface area contributed by atoms with E-state index in [2.05, 4.69) is 5.32 Å². The van der Waals surface area contributed by atoms with Gasteiger partial charge in [0.2, 0.25) is 0 Å². The molecule has 0 aliphatic heterocycles. The first-order valence-corrected chi connectivity index (χ1v) is 5.87. The molecule has 1 aromatic heterocycles. The Morgan fingerprint density at radius 3 is 2.53 bits per heavy atom. The summed E-state index contributed by atoms with van der Waals surface area (Å²) < 4.78 is 1.41. The maximum atomic E-state index is 11.9. The van der Waals surface area contributed by atoms with Crippen LogP contribution in [0.1, 0.15) is 15.9 Å². The van der Waals surface area contributed by atoms with Crippen LogP contribution in [-0.2, 0) is 13.6 Å². The summed E-state index contributed by atoms with van der Waals surface area (Å²) in [7, 11) is 1.63. The predicted octanol–water partition coefficient (Wildman–Crippen LogP) is 1.10. The van der Waals surface area contributed by atoms with E-state index in [0.717, 1.165) is 5.56 Å². The maximum absolute atomic E-state index is 11.9. The smallest absolute Gasteiger partial charge is 0.255 e. The summed E-state index contributed by atoms with van der Waals surface area (Å²) in [6.07, 6.45) is 1.56. The molecule has 0 aliphatic carbocycles. The van der Waals surface area contributed by atoms with E-state index in [4.69, 9.17) is 5.73 Å². The van der Waals surface area contributed by atoms with Crippen molar-refractivity contribution >= 4 is 11.6 Å². The quantitative estimate of drug-likeness (QED) is 0.864. The zero-order valence-electron chi connectivity index (χ0n) is 10.6. The van der Waals surface area contributed by atoms with Crippen LogP contribution in [0.5, 0.6) is 0 Å². The molecule has 3 N–H and O–H groups in total. The average molecular weight is 257 g/mol. The lowest BCUT2D eigenvalue weighted by atomic mass is 10.2. The number of aryl methyl sites for hydroxylation is 1. The van der Waals surface area contributed by atoms with Crippen molar-refractivity contribution in [3.63, 3.8) is 0 Å². The Labute approximate surface area is 110 Å². The number of rotatable bonds is 3. The van der Waals surface area contributed by atoms with Crippen LogP contribution in [0.15, 0.2) is 47.4 Å². The summed E-state index contributed by atoms with van der Waals surface area (Å²) in [5.74, 6) is -0.307. The molecule has 1 heterocycles. The fourth-order valence-corrected chi connectivity index (χ4v) is 1.62. The maximum Gasteiger partial charge on any atom is 0.255 e. The van der Waals surface area contributed by atoms with Gasteiger partial charge in [0, 0.05) is 37.1 Å².